The van der Waals surface area contributed by atoms with Gasteiger partial charge < -0.3 is 9.47 Å². The number of fused-ring (bicyclic) bond motifs is 3. The van der Waals surface area contributed by atoms with Crippen molar-refractivity contribution in [1.29, 1.82) is 0 Å². The van der Waals surface area contributed by atoms with Crippen LogP contribution in [-0.4, -0.2) is 30.4 Å². The van der Waals surface area contributed by atoms with E-state index in [2.05, 4.69) is 13.8 Å². The predicted octanol–water partition coefficient (Wildman–Crippen LogP) is 6.07. The van der Waals surface area contributed by atoms with Gasteiger partial charge >= 0.3 is 5.97 Å². The van der Waals surface area contributed by atoms with Crippen LogP contribution in [0.25, 0.3) is 5.70 Å². The lowest BCUT2D eigenvalue weighted by Crippen LogP contribution is -2.43. The highest BCUT2D eigenvalue weighted by Crippen LogP contribution is 2.52. The third-order valence-corrected chi connectivity index (χ3v) is 7.62. The molecule has 190 valence electrons. The SMILES string of the molecule is COc1ccc(C(=O)Oc2ccc([C@H]3C4=C(N=C5CC(C)(C)CC(=O)C53)c3ccccc3C4=O)cc2)cc1. The van der Waals surface area contributed by atoms with Gasteiger partial charge in [-0.2, -0.15) is 0 Å². The molecule has 6 nitrogen and oxygen atoms in total. The first kappa shape index (κ1) is 24.0. The Morgan fingerprint density at radius 1 is 0.842 bits per heavy atom. The molecule has 1 aliphatic heterocycles. The molecule has 38 heavy (non-hydrogen) atoms. The first-order valence-electron chi connectivity index (χ1n) is 12.7. The molecule has 3 aromatic rings. The molecule has 6 rings (SSSR count). The molecule has 1 fully saturated rings. The van der Waals surface area contributed by atoms with Crippen LogP contribution in [0.4, 0.5) is 0 Å². The van der Waals surface area contributed by atoms with Crippen LogP contribution >= 0.6 is 0 Å². The van der Waals surface area contributed by atoms with Crippen molar-refractivity contribution in [2.75, 3.05) is 7.11 Å². The van der Waals surface area contributed by atoms with Crippen LogP contribution < -0.4 is 9.47 Å². The molecule has 6 heteroatoms. The molecular weight excluding hydrogens is 478 g/mol. The molecule has 2 aliphatic carbocycles. The molecule has 2 atom stereocenters. The number of methoxy groups -OCH3 is 1. The molecule has 0 saturated heterocycles. The minimum atomic E-state index is -0.483. The summed E-state index contributed by atoms with van der Waals surface area (Å²) < 4.78 is 10.7. The maximum absolute atomic E-state index is 13.6. The molecule has 0 radical (unpaired) electrons. The van der Waals surface area contributed by atoms with Crippen molar-refractivity contribution in [2.24, 2.45) is 16.3 Å². The van der Waals surface area contributed by atoms with Crippen LogP contribution in [0, 0.1) is 11.3 Å². The van der Waals surface area contributed by atoms with E-state index in [-0.39, 0.29) is 17.0 Å². The number of nitrogens with zero attached hydrogens (tertiary/aromatic N) is 1. The van der Waals surface area contributed by atoms with E-state index in [9.17, 15) is 14.4 Å². The lowest BCUT2D eigenvalue weighted by molar-refractivity contribution is -0.124. The Bertz CT molecular complexity index is 1540. The largest absolute Gasteiger partial charge is 0.497 e. The van der Waals surface area contributed by atoms with Gasteiger partial charge in [-0.1, -0.05) is 50.2 Å². The third-order valence-electron chi connectivity index (χ3n) is 7.62. The van der Waals surface area contributed by atoms with Gasteiger partial charge in [-0.15, -0.1) is 0 Å². The second-order valence-corrected chi connectivity index (χ2v) is 10.9. The summed E-state index contributed by atoms with van der Waals surface area (Å²) in [4.78, 5) is 44.7. The standard InChI is InChI=1S/C32H27NO5/c1-32(2)16-24-27(25(34)17-32)26(28-29(33-24)22-6-4-5-7-23(22)30(28)35)18-8-14-21(15-9-18)38-31(36)19-10-12-20(37-3)13-11-19/h4-15,26-27H,16-17H2,1-3H3/t26-,27?/m1/s1. The van der Waals surface area contributed by atoms with Crippen LogP contribution in [0.2, 0.25) is 0 Å². The van der Waals surface area contributed by atoms with Gasteiger partial charge in [0.15, 0.2) is 5.78 Å². The molecule has 0 N–H and O–H groups in total. The topological polar surface area (TPSA) is 82.0 Å². The lowest BCUT2D eigenvalue weighted by Gasteiger charge is -2.40. The molecule has 0 bridgehead atoms. The Kier molecular flexibility index (Phi) is 5.64. The summed E-state index contributed by atoms with van der Waals surface area (Å²) in [6, 6.07) is 21.3. The minimum Gasteiger partial charge on any atom is -0.497 e. The van der Waals surface area contributed by atoms with E-state index in [1.165, 1.54) is 0 Å². The number of allylic oxidation sites excluding steroid dienone is 1. The Morgan fingerprint density at radius 2 is 1.50 bits per heavy atom. The van der Waals surface area contributed by atoms with Crippen molar-refractivity contribution in [3.8, 4) is 11.5 Å². The average molecular weight is 506 g/mol. The van der Waals surface area contributed by atoms with E-state index >= 15 is 0 Å². The number of esters is 1. The van der Waals surface area contributed by atoms with Gasteiger partial charge in [-0.25, -0.2) is 4.79 Å². The predicted molar refractivity (Wildman–Crippen MR) is 144 cm³/mol. The van der Waals surface area contributed by atoms with Gasteiger partial charge in [0.1, 0.15) is 17.3 Å². The van der Waals surface area contributed by atoms with Crippen LogP contribution in [0.15, 0.2) is 83.4 Å². The number of aliphatic imine (C=N–C) groups is 1. The fraction of sp³-hybridized carbons (Fsp3) is 0.250. The number of ether oxygens (including phenoxy) is 2. The van der Waals surface area contributed by atoms with Gasteiger partial charge in [-0.05, 0) is 53.8 Å². The van der Waals surface area contributed by atoms with Crippen molar-refractivity contribution in [3.05, 3.63) is 101 Å². The average Bonchev–Trinajstić information content (AvgIpc) is 3.19. The summed E-state index contributed by atoms with van der Waals surface area (Å²) in [5, 5.41) is 0. The highest BCUT2D eigenvalue weighted by Gasteiger charge is 2.50. The second-order valence-electron chi connectivity index (χ2n) is 10.9. The number of carbonyl (C=O) groups excluding carboxylic acids is 3. The smallest absolute Gasteiger partial charge is 0.343 e. The number of Topliss-reactive ketones (excluding diaryl/α,β-unsaturated/α-hetero) is 2. The Balaban J connectivity index is 1.35. The van der Waals surface area contributed by atoms with Gasteiger partial charge in [0.25, 0.3) is 0 Å². The Labute approximate surface area is 221 Å². The Hall–Kier alpha value is -4.32. The summed E-state index contributed by atoms with van der Waals surface area (Å²) in [6.07, 6.45) is 1.14. The normalized spacial score (nSPS) is 21.3. The fourth-order valence-electron chi connectivity index (χ4n) is 5.92. The van der Waals surface area contributed by atoms with Crippen molar-refractivity contribution in [1.82, 2.24) is 0 Å². The highest BCUT2D eigenvalue weighted by atomic mass is 16.5. The quantitative estimate of drug-likeness (QED) is 0.318. The molecular formula is C32H27NO5. The number of ketones is 2. The van der Waals surface area contributed by atoms with E-state index in [4.69, 9.17) is 14.5 Å². The van der Waals surface area contributed by atoms with Crippen LogP contribution in [0.3, 0.4) is 0 Å². The maximum Gasteiger partial charge on any atom is 0.343 e. The first-order chi connectivity index (χ1) is 18.3. The van der Waals surface area contributed by atoms with Gasteiger partial charge in [0, 0.05) is 34.8 Å². The zero-order valence-corrected chi connectivity index (χ0v) is 21.5. The van der Waals surface area contributed by atoms with Crippen molar-refractivity contribution >= 4 is 28.9 Å². The number of carbonyl (C=O) groups is 3. The molecule has 1 unspecified atom stereocenters. The third kappa shape index (κ3) is 3.97. The molecule has 3 aliphatic rings. The molecule has 0 spiro atoms. The molecule has 0 aromatic heterocycles. The number of rotatable bonds is 4. The Morgan fingerprint density at radius 3 is 2.18 bits per heavy atom. The summed E-state index contributed by atoms with van der Waals surface area (Å²) >= 11 is 0. The highest BCUT2D eigenvalue weighted by molar-refractivity contribution is 6.25. The van der Waals surface area contributed by atoms with Crippen molar-refractivity contribution in [2.45, 2.75) is 32.6 Å². The lowest BCUT2D eigenvalue weighted by atomic mass is 9.63. The van der Waals surface area contributed by atoms with E-state index in [1.54, 1.807) is 43.5 Å². The zero-order chi connectivity index (χ0) is 26.6. The first-order valence-corrected chi connectivity index (χ1v) is 12.7. The van der Waals surface area contributed by atoms with Crippen molar-refractivity contribution in [3.63, 3.8) is 0 Å². The van der Waals surface area contributed by atoms with Crippen LogP contribution in [0.5, 0.6) is 11.5 Å². The molecule has 3 aromatic carbocycles. The van der Waals surface area contributed by atoms with Gasteiger partial charge in [-0.3, -0.25) is 14.6 Å². The van der Waals surface area contributed by atoms with Crippen molar-refractivity contribution < 1.29 is 23.9 Å². The van der Waals surface area contributed by atoms with Gasteiger partial charge in [0.05, 0.1) is 24.3 Å². The molecule has 0 amide bonds. The molecule has 1 heterocycles. The minimum absolute atomic E-state index is 0.0731. The number of benzene rings is 3. The summed E-state index contributed by atoms with van der Waals surface area (Å²) in [5.41, 5.74) is 4.60. The molecule has 1 saturated carbocycles. The summed E-state index contributed by atoms with van der Waals surface area (Å²) in [6.45, 7) is 4.17. The van der Waals surface area contributed by atoms with E-state index in [0.717, 1.165) is 16.8 Å². The van der Waals surface area contributed by atoms with E-state index < -0.39 is 17.8 Å². The second kappa shape index (κ2) is 8.91. The monoisotopic (exact) mass is 505 g/mol. The summed E-state index contributed by atoms with van der Waals surface area (Å²) in [7, 11) is 1.56. The fourth-order valence-corrected chi connectivity index (χ4v) is 5.92. The van der Waals surface area contributed by atoms with Crippen LogP contribution in [0.1, 0.15) is 64.4 Å². The number of hydrogen-bond acceptors (Lipinski definition) is 6. The maximum atomic E-state index is 13.6. The number of hydrogen-bond donors (Lipinski definition) is 0. The van der Waals surface area contributed by atoms with E-state index in [1.807, 2.05) is 36.4 Å². The van der Waals surface area contributed by atoms with E-state index in [0.29, 0.717) is 46.7 Å². The summed E-state index contributed by atoms with van der Waals surface area (Å²) in [5.74, 6) is -0.333. The van der Waals surface area contributed by atoms with Crippen LogP contribution in [-0.2, 0) is 4.79 Å². The van der Waals surface area contributed by atoms with Gasteiger partial charge in [0.2, 0.25) is 0 Å². The zero-order valence-electron chi connectivity index (χ0n) is 21.5.